The summed E-state index contributed by atoms with van der Waals surface area (Å²) in [6.07, 6.45) is 2.07. The fourth-order valence-electron chi connectivity index (χ4n) is 2.55. The lowest BCUT2D eigenvalue weighted by atomic mass is 9.91. The first-order valence-electron chi connectivity index (χ1n) is 7.38. The van der Waals surface area contributed by atoms with Gasteiger partial charge in [0, 0.05) is 13.1 Å². The second-order valence-corrected chi connectivity index (χ2v) is 5.37. The molecule has 2 N–H and O–H groups in total. The second kappa shape index (κ2) is 8.48. The molecule has 0 saturated carbocycles. The molecule has 1 rings (SSSR count). The average molecular weight is 255 g/mol. The quantitative estimate of drug-likeness (QED) is 0.669. The molecule has 1 heterocycles. The molecule has 0 bridgehead atoms. The van der Waals surface area contributed by atoms with Gasteiger partial charge in [-0.2, -0.15) is 0 Å². The van der Waals surface area contributed by atoms with Crippen LogP contribution in [0.25, 0.3) is 0 Å². The summed E-state index contributed by atoms with van der Waals surface area (Å²) in [5.41, 5.74) is 0. The average Bonchev–Trinajstić information content (AvgIpc) is 2.38. The Morgan fingerprint density at radius 1 is 1.33 bits per heavy atom. The first-order valence-corrected chi connectivity index (χ1v) is 7.38. The normalized spacial score (nSPS) is 24.2. The Morgan fingerprint density at radius 2 is 2.06 bits per heavy atom. The topological polar surface area (TPSA) is 44.4 Å². The summed E-state index contributed by atoms with van der Waals surface area (Å²) in [7, 11) is 0. The van der Waals surface area contributed by atoms with Gasteiger partial charge in [-0.25, -0.2) is 0 Å². The third-order valence-corrected chi connectivity index (χ3v) is 3.79. The molecule has 1 aliphatic rings. The second-order valence-electron chi connectivity index (χ2n) is 5.37. The minimum atomic E-state index is 0.169. The fourth-order valence-corrected chi connectivity index (χ4v) is 2.55. The summed E-state index contributed by atoms with van der Waals surface area (Å²) in [4.78, 5) is 14.3. The number of amides is 1. The number of carbonyl (C=O) groups is 1. The molecule has 2 atom stereocenters. The van der Waals surface area contributed by atoms with Crippen molar-refractivity contribution in [1.29, 1.82) is 0 Å². The van der Waals surface area contributed by atoms with E-state index in [0.29, 0.717) is 5.92 Å². The van der Waals surface area contributed by atoms with E-state index in [1.165, 1.54) is 0 Å². The first kappa shape index (κ1) is 15.4. The van der Waals surface area contributed by atoms with Crippen molar-refractivity contribution < 1.29 is 4.79 Å². The standard InChI is InChI=1S/C14H29N3O/c1-4-17(5-2)8-6-7-16-14(18)13-9-12(3)10-15-11-13/h12-13,15H,4-11H2,1-3H3,(H,16,18). The van der Waals surface area contributed by atoms with Crippen molar-refractivity contribution in [3.8, 4) is 0 Å². The summed E-state index contributed by atoms with van der Waals surface area (Å²) in [6.45, 7) is 12.5. The highest BCUT2D eigenvalue weighted by Gasteiger charge is 2.24. The molecule has 4 nitrogen and oxygen atoms in total. The largest absolute Gasteiger partial charge is 0.356 e. The zero-order valence-corrected chi connectivity index (χ0v) is 12.2. The highest BCUT2D eigenvalue weighted by molar-refractivity contribution is 5.78. The Hall–Kier alpha value is -0.610. The Labute approximate surface area is 111 Å². The number of nitrogens with zero attached hydrogens (tertiary/aromatic N) is 1. The molecule has 1 amide bonds. The molecule has 1 saturated heterocycles. The van der Waals surface area contributed by atoms with E-state index in [-0.39, 0.29) is 11.8 Å². The molecule has 4 heteroatoms. The van der Waals surface area contributed by atoms with Gasteiger partial charge in [0.05, 0.1) is 5.92 Å². The van der Waals surface area contributed by atoms with Crippen LogP contribution in [0.15, 0.2) is 0 Å². The summed E-state index contributed by atoms with van der Waals surface area (Å²) < 4.78 is 0. The van der Waals surface area contributed by atoms with Crippen LogP contribution < -0.4 is 10.6 Å². The zero-order valence-electron chi connectivity index (χ0n) is 12.2. The van der Waals surface area contributed by atoms with Gasteiger partial charge < -0.3 is 15.5 Å². The van der Waals surface area contributed by atoms with Gasteiger partial charge in [0.1, 0.15) is 0 Å². The molecule has 0 aromatic carbocycles. The molecular formula is C14H29N3O. The van der Waals surface area contributed by atoms with Gasteiger partial charge in [0.15, 0.2) is 0 Å². The number of piperidine rings is 1. The van der Waals surface area contributed by atoms with Crippen LogP contribution in [0.2, 0.25) is 0 Å². The van der Waals surface area contributed by atoms with E-state index in [4.69, 9.17) is 0 Å². The molecule has 0 aromatic rings. The monoisotopic (exact) mass is 255 g/mol. The van der Waals surface area contributed by atoms with Gasteiger partial charge in [-0.1, -0.05) is 20.8 Å². The molecule has 0 radical (unpaired) electrons. The molecule has 1 fully saturated rings. The molecule has 18 heavy (non-hydrogen) atoms. The van der Waals surface area contributed by atoms with E-state index in [1.807, 2.05) is 0 Å². The minimum absolute atomic E-state index is 0.169. The van der Waals surface area contributed by atoms with Crippen LogP contribution in [0.5, 0.6) is 0 Å². The summed E-state index contributed by atoms with van der Waals surface area (Å²) >= 11 is 0. The van der Waals surface area contributed by atoms with Crippen LogP contribution in [0.4, 0.5) is 0 Å². The maximum atomic E-state index is 12.0. The smallest absolute Gasteiger partial charge is 0.224 e. The van der Waals surface area contributed by atoms with Crippen LogP contribution in [-0.4, -0.2) is 50.1 Å². The minimum Gasteiger partial charge on any atom is -0.356 e. The lowest BCUT2D eigenvalue weighted by molar-refractivity contribution is -0.125. The Bertz CT molecular complexity index is 241. The van der Waals surface area contributed by atoms with Crippen molar-refractivity contribution in [2.75, 3.05) is 39.3 Å². The van der Waals surface area contributed by atoms with Gasteiger partial charge in [-0.3, -0.25) is 4.79 Å². The fraction of sp³-hybridized carbons (Fsp3) is 0.929. The van der Waals surface area contributed by atoms with Crippen LogP contribution in [0, 0.1) is 11.8 Å². The number of hydrogen-bond donors (Lipinski definition) is 2. The molecular weight excluding hydrogens is 226 g/mol. The summed E-state index contributed by atoms with van der Waals surface area (Å²) in [5, 5.41) is 6.39. The summed E-state index contributed by atoms with van der Waals surface area (Å²) in [5.74, 6) is 1.01. The first-order chi connectivity index (χ1) is 8.67. The van der Waals surface area contributed by atoms with E-state index in [0.717, 1.165) is 52.1 Å². The number of rotatable bonds is 7. The number of carbonyl (C=O) groups excluding carboxylic acids is 1. The number of hydrogen-bond acceptors (Lipinski definition) is 3. The Kier molecular flexibility index (Phi) is 7.28. The predicted molar refractivity (Wildman–Crippen MR) is 75.6 cm³/mol. The van der Waals surface area contributed by atoms with Gasteiger partial charge in [0.2, 0.25) is 5.91 Å². The van der Waals surface area contributed by atoms with E-state index >= 15 is 0 Å². The molecule has 0 aromatic heterocycles. The molecule has 0 aliphatic carbocycles. The van der Waals surface area contributed by atoms with Gasteiger partial charge >= 0.3 is 0 Å². The van der Waals surface area contributed by atoms with E-state index in [1.54, 1.807) is 0 Å². The molecule has 2 unspecified atom stereocenters. The highest BCUT2D eigenvalue weighted by Crippen LogP contribution is 2.15. The maximum Gasteiger partial charge on any atom is 0.224 e. The summed E-state index contributed by atoms with van der Waals surface area (Å²) in [6, 6.07) is 0. The van der Waals surface area contributed by atoms with Gasteiger partial charge in [0.25, 0.3) is 0 Å². The van der Waals surface area contributed by atoms with Crippen LogP contribution in [-0.2, 0) is 4.79 Å². The van der Waals surface area contributed by atoms with E-state index in [2.05, 4.69) is 36.3 Å². The van der Waals surface area contributed by atoms with Crippen molar-refractivity contribution in [3.63, 3.8) is 0 Å². The zero-order chi connectivity index (χ0) is 13.4. The Morgan fingerprint density at radius 3 is 2.67 bits per heavy atom. The van der Waals surface area contributed by atoms with Crippen molar-refractivity contribution in [2.24, 2.45) is 11.8 Å². The third kappa shape index (κ3) is 5.36. The molecule has 1 aliphatic heterocycles. The van der Waals surface area contributed by atoms with E-state index < -0.39 is 0 Å². The number of nitrogens with one attached hydrogen (secondary N) is 2. The van der Waals surface area contributed by atoms with Crippen LogP contribution in [0.1, 0.15) is 33.6 Å². The molecule has 106 valence electrons. The lowest BCUT2D eigenvalue weighted by Crippen LogP contribution is -2.43. The van der Waals surface area contributed by atoms with Crippen LogP contribution >= 0.6 is 0 Å². The van der Waals surface area contributed by atoms with Gasteiger partial charge in [-0.05, 0) is 44.9 Å². The van der Waals surface area contributed by atoms with Crippen LogP contribution in [0.3, 0.4) is 0 Å². The highest BCUT2D eigenvalue weighted by atomic mass is 16.1. The lowest BCUT2D eigenvalue weighted by Gasteiger charge is -2.27. The third-order valence-electron chi connectivity index (χ3n) is 3.79. The Balaban J connectivity index is 2.13. The van der Waals surface area contributed by atoms with E-state index in [9.17, 15) is 4.79 Å². The molecule has 0 spiro atoms. The maximum absolute atomic E-state index is 12.0. The predicted octanol–water partition coefficient (Wildman–Crippen LogP) is 1.08. The van der Waals surface area contributed by atoms with Gasteiger partial charge in [-0.15, -0.1) is 0 Å². The van der Waals surface area contributed by atoms with Crippen molar-refractivity contribution >= 4 is 5.91 Å². The SMILES string of the molecule is CCN(CC)CCCNC(=O)C1CNCC(C)C1. The van der Waals surface area contributed by atoms with Crippen molar-refractivity contribution in [2.45, 2.75) is 33.6 Å². The van der Waals surface area contributed by atoms with Crippen molar-refractivity contribution in [1.82, 2.24) is 15.5 Å². The van der Waals surface area contributed by atoms with Crippen molar-refractivity contribution in [3.05, 3.63) is 0 Å².